The first-order valence-electron chi connectivity index (χ1n) is 6.21. The van der Waals surface area contributed by atoms with Crippen LogP contribution >= 0.6 is 0 Å². The summed E-state index contributed by atoms with van der Waals surface area (Å²) in [5.74, 6) is 0.843. The molecule has 0 aliphatic carbocycles. The summed E-state index contributed by atoms with van der Waals surface area (Å²) in [6.45, 7) is 0.728. The Morgan fingerprint density at radius 1 is 0.944 bits per heavy atom. The number of benzene rings is 2. The van der Waals surface area contributed by atoms with Gasteiger partial charge in [0, 0.05) is 6.42 Å². The summed E-state index contributed by atoms with van der Waals surface area (Å²) in [6, 6.07) is 20.6. The lowest BCUT2D eigenvalue weighted by molar-refractivity contribution is 0.225. The molecule has 2 aromatic carbocycles. The quantitative estimate of drug-likeness (QED) is 0.801. The zero-order chi connectivity index (χ0) is 12.2. The van der Waals surface area contributed by atoms with E-state index in [4.69, 9.17) is 4.74 Å². The number of rotatable bonds is 3. The fourth-order valence-electron chi connectivity index (χ4n) is 2.13. The lowest BCUT2D eigenvalue weighted by Gasteiger charge is -2.11. The van der Waals surface area contributed by atoms with E-state index in [-0.39, 0.29) is 6.10 Å². The summed E-state index contributed by atoms with van der Waals surface area (Å²) >= 11 is 0. The lowest BCUT2D eigenvalue weighted by Crippen LogP contribution is -2.07. The van der Waals surface area contributed by atoms with Gasteiger partial charge in [0.05, 0.1) is 6.54 Å². The number of hydrogen-bond donors (Lipinski definition) is 0. The van der Waals surface area contributed by atoms with Crippen LogP contribution in [0, 0.1) is 0 Å². The number of hydrogen-bond acceptors (Lipinski definition) is 2. The first-order valence-corrected chi connectivity index (χ1v) is 6.21. The minimum Gasteiger partial charge on any atom is -0.471 e. The highest BCUT2D eigenvalue weighted by Gasteiger charge is 2.21. The van der Waals surface area contributed by atoms with Crippen LogP contribution < -0.4 is 0 Å². The Balaban J connectivity index is 1.65. The topological polar surface area (TPSA) is 21.6 Å². The van der Waals surface area contributed by atoms with Gasteiger partial charge in [0.15, 0.2) is 5.90 Å². The Bertz CT molecular complexity index is 534. The van der Waals surface area contributed by atoms with Crippen LogP contribution in [0.5, 0.6) is 0 Å². The maximum absolute atomic E-state index is 5.90. The van der Waals surface area contributed by atoms with E-state index in [1.807, 2.05) is 36.4 Å². The Hall–Kier alpha value is -2.09. The first kappa shape index (κ1) is 11.0. The van der Waals surface area contributed by atoms with Crippen LogP contribution in [0.2, 0.25) is 0 Å². The van der Waals surface area contributed by atoms with Gasteiger partial charge < -0.3 is 4.74 Å². The molecule has 1 aliphatic rings. The molecular weight excluding hydrogens is 222 g/mol. The smallest absolute Gasteiger partial charge is 0.188 e. The minimum atomic E-state index is 0.0879. The molecule has 90 valence electrons. The Morgan fingerprint density at radius 3 is 2.33 bits per heavy atom. The average molecular weight is 237 g/mol. The van der Waals surface area contributed by atoms with Crippen LogP contribution in [-0.4, -0.2) is 12.4 Å². The van der Waals surface area contributed by atoms with Crippen molar-refractivity contribution < 1.29 is 4.74 Å². The third-order valence-electron chi connectivity index (χ3n) is 3.08. The fraction of sp³-hybridized carbons (Fsp3) is 0.188. The monoisotopic (exact) mass is 237 g/mol. The molecule has 0 saturated heterocycles. The van der Waals surface area contributed by atoms with E-state index in [1.54, 1.807) is 0 Å². The van der Waals surface area contributed by atoms with Gasteiger partial charge in [0.25, 0.3) is 0 Å². The molecule has 3 rings (SSSR count). The van der Waals surface area contributed by atoms with E-state index in [0.717, 1.165) is 18.9 Å². The second-order valence-electron chi connectivity index (χ2n) is 4.41. The van der Waals surface area contributed by atoms with Crippen LogP contribution in [0.15, 0.2) is 65.7 Å². The Kier molecular flexibility index (Phi) is 3.09. The molecule has 1 heterocycles. The molecule has 0 amide bonds. The third kappa shape index (κ3) is 2.43. The van der Waals surface area contributed by atoms with E-state index < -0.39 is 0 Å². The van der Waals surface area contributed by atoms with E-state index in [1.165, 1.54) is 11.1 Å². The normalized spacial score (nSPS) is 18.2. The van der Waals surface area contributed by atoms with Crippen molar-refractivity contribution >= 4 is 5.90 Å². The summed E-state index contributed by atoms with van der Waals surface area (Å²) < 4.78 is 5.90. The summed E-state index contributed by atoms with van der Waals surface area (Å²) in [5.41, 5.74) is 2.44. The van der Waals surface area contributed by atoms with E-state index in [2.05, 4.69) is 29.3 Å². The Morgan fingerprint density at radius 2 is 1.61 bits per heavy atom. The molecule has 0 saturated carbocycles. The predicted molar refractivity (Wildman–Crippen MR) is 72.7 cm³/mol. The molecule has 2 aromatic rings. The SMILES string of the molecule is c1ccc(CC2=NCC(c3ccccc3)O2)cc1. The minimum absolute atomic E-state index is 0.0879. The second kappa shape index (κ2) is 5.05. The van der Waals surface area contributed by atoms with Crippen molar-refractivity contribution in [2.24, 2.45) is 4.99 Å². The molecule has 0 radical (unpaired) electrons. The molecule has 0 N–H and O–H groups in total. The highest BCUT2D eigenvalue weighted by molar-refractivity contribution is 5.80. The molecule has 1 unspecified atom stereocenters. The van der Waals surface area contributed by atoms with Gasteiger partial charge in [-0.1, -0.05) is 60.7 Å². The van der Waals surface area contributed by atoms with Crippen molar-refractivity contribution in [3.63, 3.8) is 0 Å². The highest BCUT2D eigenvalue weighted by Crippen LogP contribution is 2.23. The molecule has 2 heteroatoms. The van der Waals surface area contributed by atoms with E-state index in [9.17, 15) is 0 Å². The molecule has 0 fully saturated rings. The third-order valence-corrected chi connectivity index (χ3v) is 3.08. The van der Waals surface area contributed by atoms with Crippen molar-refractivity contribution in [3.8, 4) is 0 Å². The second-order valence-corrected chi connectivity index (χ2v) is 4.41. The van der Waals surface area contributed by atoms with Crippen LogP contribution in [0.4, 0.5) is 0 Å². The molecule has 0 spiro atoms. The standard InChI is InChI=1S/C16H15NO/c1-3-7-13(8-4-1)11-16-17-12-15(18-16)14-9-5-2-6-10-14/h1-10,15H,11-12H2. The number of aliphatic imine (C=N–C) groups is 1. The van der Waals surface area contributed by atoms with Gasteiger partial charge >= 0.3 is 0 Å². The molecular formula is C16H15NO. The van der Waals surface area contributed by atoms with Crippen LogP contribution in [-0.2, 0) is 11.2 Å². The van der Waals surface area contributed by atoms with Gasteiger partial charge in [-0.25, -0.2) is 0 Å². The van der Waals surface area contributed by atoms with Crippen molar-refractivity contribution in [1.82, 2.24) is 0 Å². The van der Waals surface area contributed by atoms with Gasteiger partial charge in [-0.3, -0.25) is 4.99 Å². The maximum atomic E-state index is 5.90. The molecule has 0 bridgehead atoms. The fourth-order valence-corrected chi connectivity index (χ4v) is 2.13. The van der Waals surface area contributed by atoms with Gasteiger partial charge in [-0.05, 0) is 11.1 Å². The zero-order valence-corrected chi connectivity index (χ0v) is 10.1. The van der Waals surface area contributed by atoms with E-state index >= 15 is 0 Å². The molecule has 1 aliphatic heterocycles. The Labute approximate surface area is 107 Å². The van der Waals surface area contributed by atoms with Gasteiger partial charge in [0.1, 0.15) is 6.10 Å². The van der Waals surface area contributed by atoms with Crippen molar-refractivity contribution in [1.29, 1.82) is 0 Å². The molecule has 1 atom stereocenters. The number of nitrogens with zero attached hydrogens (tertiary/aromatic N) is 1. The van der Waals surface area contributed by atoms with Gasteiger partial charge in [-0.2, -0.15) is 0 Å². The van der Waals surface area contributed by atoms with Crippen LogP contribution in [0.3, 0.4) is 0 Å². The van der Waals surface area contributed by atoms with Gasteiger partial charge in [-0.15, -0.1) is 0 Å². The zero-order valence-electron chi connectivity index (χ0n) is 10.1. The van der Waals surface area contributed by atoms with Crippen molar-refractivity contribution in [2.45, 2.75) is 12.5 Å². The average Bonchev–Trinajstić information content (AvgIpc) is 2.89. The van der Waals surface area contributed by atoms with Crippen molar-refractivity contribution in [3.05, 3.63) is 71.8 Å². The largest absolute Gasteiger partial charge is 0.471 e. The summed E-state index contributed by atoms with van der Waals surface area (Å²) in [6.07, 6.45) is 0.870. The van der Waals surface area contributed by atoms with Crippen molar-refractivity contribution in [2.75, 3.05) is 6.54 Å². The maximum Gasteiger partial charge on any atom is 0.188 e. The van der Waals surface area contributed by atoms with E-state index in [0.29, 0.717) is 0 Å². The summed E-state index contributed by atoms with van der Waals surface area (Å²) in [7, 11) is 0. The predicted octanol–water partition coefficient (Wildman–Crippen LogP) is 3.40. The molecule has 0 aromatic heterocycles. The van der Waals surface area contributed by atoms with Crippen LogP contribution in [0.1, 0.15) is 17.2 Å². The number of ether oxygens (including phenoxy) is 1. The lowest BCUT2D eigenvalue weighted by atomic mass is 10.1. The summed E-state index contributed by atoms with van der Waals surface area (Å²) in [4.78, 5) is 4.48. The van der Waals surface area contributed by atoms with Gasteiger partial charge in [0.2, 0.25) is 0 Å². The molecule has 2 nitrogen and oxygen atoms in total. The van der Waals surface area contributed by atoms with Crippen LogP contribution in [0.25, 0.3) is 0 Å². The summed E-state index contributed by atoms with van der Waals surface area (Å²) in [5, 5.41) is 0. The first-order chi connectivity index (χ1) is 8.92. The molecule has 18 heavy (non-hydrogen) atoms. The highest BCUT2D eigenvalue weighted by atomic mass is 16.5.